The van der Waals surface area contributed by atoms with Gasteiger partial charge in [0, 0.05) is 37.8 Å². The molecule has 1 heterocycles. The number of hydrogen-bond acceptors (Lipinski definition) is 4. The van der Waals surface area contributed by atoms with Crippen molar-refractivity contribution in [3.8, 4) is 0 Å². The molecule has 3 nitrogen and oxygen atoms in total. The van der Waals surface area contributed by atoms with Crippen LogP contribution in [0.25, 0.3) is 0 Å². The average molecular weight is 219 g/mol. The molecule has 0 radical (unpaired) electrons. The van der Waals surface area contributed by atoms with Crippen LogP contribution < -0.4 is 0 Å². The Morgan fingerprint density at radius 3 is 3.07 bits per heavy atom. The van der Waals surface area contributed by atoms with Crippen molar-refractivity contribution in [3.05, 3.63) is 0 Å². The zero-order chi connectivity index (χ0) is 10.4. The first-order valence-electron chi connectivity index (χ1n) is 5.20. The quantitative estimate of drug-likeness (QED) is 0.694. The molecule has 0 amide bonds. The van der Waals surface area contributed by atoms with E-state index >= 15 is 0 Å². The fourth-order valence-corrected chi connectivity index (χ4v) is 3.04. The highest BCUT2D eigenvalue weighted by molar-refractivity contribution is 7.99. The van der Waals surface area contributed by atoms with Crippen LogP contribution in [0.15, 0.2) is 0 Å². The number of nitrogens with zero attached hydrogens (tertiary/aromatic N) is 1. The van der Waals surface area contributed by atoms with Crippen molar-refractivity contribution in [1.82, 2.24) is 4.90 Å². The van der Waals surface area contributed by atoms with E-state index in [1.165, 1.54) is 5.75 Å². The summed E-state index contributed by atoms with van der Waals surface area (Å²) in [6.45, 7) is 1.84. The molecule has 0 aromatic carbocycles. The lowest BCUT2D eigenvalue weighted by molar-refractivity contribution is 0.0607. The van der Waals surface area contributed by atoms with Crippen LogP contribution in [0, 0.1) is 0 Å². The molecule has 0 saturated carbocycles. The minimum Gasteiger partial charge on any atom is -0.391 e. The largest absolute Gasteiger partial charge is 0.391 e. The Morgan fingerprint density at radius 1 is 1.64 bits per heavy atom. The van der Waals surface area contributed by atoms with E-state index in [-0.39, 0.29) is 6.10 Å². The van der Waals surface area contributed by atoms with E-state index in [1.807, 2.05) is 11.8 Å². The number of rotatable bonds is 5. The zero-order valence-electron chi connectivity index (χ0n) is 9.11. The van der Waals surface area contributed by atoms with E-state index in [2.05, 4.69) is 11.9 Å². The molecule has 1 N–H and O–H groups in total. The lowest BCUT2D eigenvalue weighted by atomic mass is 10.1. The van der Waals surface area contributed by atoms with Crippen LogP contribution in [0.1, 0.15) is 12.8 Å². The van der Waals surface area contributed by atoms with Gasteiger partial charge in [0.05, 0.1) is 6.10 Å². The predicted octanol–water partition coefficient (Wildman–Crippen LogP) is 0.821. The topological polar surface area (TPSA) is 32.7 Å². The van der Waals surface area contributed by atoms with Crippen molar-refractivity contribution < 1.29 is 9.84 Å². The molecule has 14 heavy (non-hydrogen) atoms. The molecular weight excluding hydrogens is 198 g/mol. The molecule has 0 aromatic heterocycles. The van der Waals surface area contributed by atoms with Gasteiger partial charge in [-0.25, -0.2) is 0 Å². The van der Waals surface area contributed by atoms with Crippen molar-refractivity contribution in [2.75, 3.05) is 38.8 Å². The second-order valence-corrected chi connectivity index (χ2v) is 4.98. The van der Waals surface area contributed by atoms with Crippen molar-refractivity contribution in [1.29, 1.82) is 0 Å². The van der Waals surface area contributed by atoms with Gasteiger partial charge in [-0.2, -0.15) is 11.8 Å². The Labute approximate surface area is 90.8 Å². The van der Waals surface area contributed by atoms with Crippen LogP contribution >= 0.6 is 11.8 Å². The van der Waals surface area contributed by atoms with Crippen molar-refractivity contribution >= 4 is 11.8 Å². The second-order valence-electron chi connectivity index (χ2n) is 3.83. The van der Waals surface area contributed by atoms with Crippen molar-refractivity contribution in [3.63, 3.8) is 0 Å². The summed E-state index contributed by atoms with van der Waals surface area (Å²) in [5.74, 6) is 2.25. The SMILES string of the molecule is COCCCC(O)C1CSCCN1C. The first-order chi connectivity index (χ1) is 6.75. The van der Waals surface area contributed by atoms with Crippen LogP contribution in [-0.2, 0) is 4.74 Å². The third-order valence-corrected chi connectivity index (χ3v) is 3.78. The van der Waals surface area contributed by atoms with E-state index in [0.29, 0.717) is 6.04 Å². The molecule has 2 unspecified atom stereocenters. The third kappa shape index (κ3) is 3.77. The summed E-state index contributed by atoms with van der Waals surface area (Å²) in [7, 11) is 3.80. The Balaban J connectivity index is 2.23. The van der Waals surface area contributed by atoms with Gasteiger partial charge >= 0.3 is 0 Å². The molecule has 1 fully saturated rings. The molecule has 1 aliphatic rings. The minimum atomic E-state index is -0.192. The van der Waals surface area contributed by atoms with Gasteiger partial charge < -0.3 is 9.84 Å². The van der Waals surface area contributed by atoms with Crippen LogP contribution in [0.4, 0.5) is 0 Å². The Kier molecular flexibility index (Phi) is 5.86. The van der Waals surface area contributed by atoms with Crippen LogP contribution in [0.5, 0.6) is 0 Å². The first-order valence-corrected chi connectivity index (χ1v) is 6.36. The molecular formula is C10H21NO2S. The van der Waals surface area contributed by atoms with Gasteiger partial charge in [0.2, 0.25) is 0 Å². The summed E-state index contributed by atoms with van der Waals surface area (Å²) >= 11 is 1.94. The summed E-state index contributed by atoms with van der Waals surface area (Å²) in [6, 6.07) is 0.339. The summed E-state index contributed by atoms with van der Waals surface area (Å²) in [5, 5.41) is 9.96. The Bertz CT molecular complexity index is 157. The molecule has 0 aromatic rings. The molecule has 1 rings (SSSR count). The Morgan fingerprint density at radius 2 is 2.43 bits per heavy atom. The van der Waals surface area contributed by atoms with Crippen LogP contribution in [0.3, 0.4) is 0 Å². The number of thioether (sulfide) groups is 1. The number of hydrogen-bond donors (Lipinski definition) is 1. The van der Waals surface area contributed by atoms with Gasteiger partial charge in [0.15, 0.2) is 0 Å². The highest BCUT2D eigenvalue weighted by Crippen LogP contribution is 2.19. The third-order valence-electron chi connectivity index (χ3n) is 2.74. The van der Waals surface area contributed by atoms with Crippen LogP contribution in [-0.4, -0.2) is 61.0 Å². The summed E-state index contributed by atoms with van der Waals surface area (Å²) in [6.07, 6.45) is 1.61. The average Bonchev–Trinajstić information content (AvgIpc) is 2.18. The van der Waals surface area contributed by atoms with E-state index in [0.717, 1.165) is 31.7 Å². The molecule has 0 aliphatic carbocycles. The van der Waals surface area contributed by atoms with E-state index in [9.17, 15) is 5.11 Å². The maximum atomic E-state index is 9.96. The van der Waals surface area contributed by atoms with Gasteiger partial charge in [-0.15, -0.1) is 0 Å². The predicted molar refractivity (Wildman–Crippen MR) is 60.9 cm³/mol. The van der Waals surface area contributed by atoms with Gasteiger partial charge in [0.25, 0.3) is 0 Å². The maximum absolute atomic E-state index is 9.96. The molecule has 4 heteroatoms. The maximum Gasteiger partial charge on any atom is 0.0704 e. The lowest BCUT2D eigenvalue weighted by Gasteiger charge is -2.35. The van der Waals surface area contributed by atoms with Gasteiger partial charge in [0.1, 0.15) is 0 Å². The van der Waals surface area contributed by atoms with E-state index in [4.69, 9.17) is 4.74 Å². The summed E-state index contributed by atoms with van der Waals surface area (Å²) in [4.78, 5) is 2.27. The smallest absolute Gasteiger partial charge is 0.0704 e. The fraction of sp³-hybridized carbons (Fsp3) is 1.00. The van der Waals surface area contributed by atoms with Crippen LogP contribution in [0.2, 0.25) is 0 Å². The molecule has 2 atom stereocenters. The minimum absolute atomic E-state index is 0.192. The van der Waals surface area contributed by atoms with E-state index in [1.54, 1.807) is 7.11 Å². The highest BCUT2D eigenvalue weighted by Gasteiger charge is 2.25. The van der Waals surface area contributed by atoms with Gasteiger partial charge in [-0.1, -0.05) is 0 Å². The first kappa shape index (κ1) is 12.3. The molecule has 0 bridgehead atoms. The molecule has 0 spiro atoms. The lowest BCUT2D eigenvalue weighted by Crippen LogP contribution is -2.47. The zero-order valence-corrected chi connectivity index (χ0v) is 9.92. The van der Waals surface area contributed by atoms with Gasteiger partial charge in [-0.05, 0) is 19.9 Å². The number of methoxy groups -OCH3 is 1. The number of likely N-dealkylation sites (N-methyl/N-ethyl adjacent to an activating group) is 1. The normalized spacial score (nSPS) is 26.4. The molecule has 1 saturated heterocycles. The number of aliphatic hydroxyl groups is 1. The Hall–Kier alpha value is 0.230. The van der Waals surface area contributed by atoms with E-state index < -0.39 is 0 Å². The van der Waals surface area contributed by atoms with Crippen molar-refractivity contribution in [2.45, 2.75) is 25.0 Å². The molecule has 1 aliphatic heterocycles. The fourth-order valence-electron chi connectivity index (χ4n) is 1.74. The van der Waals surface area contributed by atoms with Gasteiger partial charge in [-0.3, -0.25) is 4.90 Å². The molecule has 84 valence electrons. The summed E-state index contributed by atoms with van der Waals surface area (Å²) in [5.41, 5.74) is 0. The highest BCUT2D eigenvalue weighted by atomic mass is 32.2. The standard InChI is InChI=1S/C10H21NO2S/c1-11-5-7-14-8-9(11)10(12)4-3-6-13-2/h9-10,12H,3-8H2,1-2H3. The number of aliphatic hydroxyl groups excluding tert-OH is 1. The monoisotopic (exact) mass is 219 g/mol. The van der Waals surface area contributed by atoms with Crippen molar-refractivity contribution in [2.24, 2.45) is 0 Å². The second kappa shape index (κ2) is 6.67. The number of ether oxygens (including phenoxy) is 1. The summed E-state index contributed by atoms with van der Waals surface area (Å²) < 4.78 is 4.98.